The lowest BCUT2D eigenvalue weighted by Crippen LogP contribution is -2.51. The summed E-state index contributed by atoms with van der Waals surface area (Å²) < 4.78 is 5.41. The van der Waals surface area contributed by atoms with Crippen molar-refractivity contribution >= 4 is 34.6 Å². The van der Waals surface area contributed by atoms with Gasteiger partial charge >= 0.3 is 6.09 Å². The molecule has 2 heterocycles. The second-order valence-corrected chi connectivity index (χ2v) is 8.91. The summed E-state index contributed by atoms with van der Waals surface area (Å²) in [6.45, 7) is 7.13. The Bertz CT molecular complexity index is 1170. The molecule has 0 spiro atoms. The van der Waals surface area contributed by atoms with Crippen molar-refractivity contribution < 1.29 is 19.1 Å². The van der Waals surface area contributed by atoms with Gasteiger partial charge in [0.25, 0.3) is 11.8 Å². The fourth-order valence-corrected chi connectivity index (χ4v) is 3.61. The van der Waals surface area contributed by atoms with Crippen LogP contribution < -0.4 is 5.32 Å². The summed E-state index contributed by atoms with van der Waals surface area (Å²) in [5.41, 5.74) is 1.16. The predicted octanol–water partition coefficient (Wildman–Crippen LogP) is 3.51. The second kappa shape index (κ2) is 8.93. The molecule has 3 aromatic rings. The Balaban J connectivity index is 1.44. The number of hydrogen-bond donors (Lipinski definition) is 2. The molecular weight excluding hydrogens is 422 g/mol. The van der Waals surface area contributed by atoms with Gasteiger partial charge in [0.1, 0.15) is 5.60 Å². The number of carbonyl (C=O) groups excluding carboxylic acids is 3. The van der Waals surface area contributed by atoms with Gasteiger partial charge in [-0.15, -0.1) is 0 Å². The van der Waals surface area contributed by atoms with Crippen molar-refractivity contribution in [3.63, 3.8) is 0 Å². The number of anilines is 1. The molecule has 0 bridgehead atoms. The van der Waals surface area contributed by atoms with Crippen LogP contribution in [0.3, 0.4) is 0 Å². The summed E-state index contributed by atoms with van der Waals surface area (Å²) in [4.78, 5) is 41.2. The van der Waals surface area contributed by atoms with E-state index >= 15 is 0 Å². The Labute approximate surface area is 191 Å². The first-order chi connectivity index (χ1) is 15.7. The van der Waals surface area contributed by atoms with Crippen molar-refractivity contribution in [2.45, 2.75) is 26.4 Å². The second-order valence-electron chi connectivity index (χ2n) is 8.91. The van der Waals surface area contributed by atoms with Crippen LogP contribution in [-0.4, -0.2) is 69.7 Å². The number of ether oxygens (including phenoxy) is 1. The predicted molar refractivity (Wildman–Crippen MR) is 124 cm³/mol. The van der Waals surface area contributed by atoms with Crippen molar-refractivity contribution in [2.75, 3.05) is 31.5 Å². The molecule has 4 rings (SSSR count). The molecule has 3 amide bonds. The number of nitrogens with zero attached hydrogens (tertiary/aromatic N) is 3. The highest BCUT2D eigenvalue weighted by atomic mass is 16.6. The van der Waals surface area contributed by atoms with Crippen LogP contribution in [0.5, 0.6) is 0 Å². The van der Waals surface area contributed by atoms with Crippen molar-refractivity contribution in [3.05, 3.63) is 59.7 Å². The van der Waals surface area contributed by atoms with Gasteiger partial charge in [0.2, 0.25) is 0 Å². The fourth-order valence-electron chi connectivity index (χ4n) is 3.61. The van der Waals surface area contributed by atoms with Crippen LogP contribution in [0.4, 0.5) is 10.6 Å². The highest BCUT2D eigenvalue weighted by molar-refractivity contribution is 6.09. The average molecular weight is 450 g/mol. The molecule has 0 unspecified atom stereocenters. The third-order valence-corrected chi connectivity index (χ3v) is 5.30. The first kappa shape index (κ1) is 22.3. The zero-order chi connectivity index (χ0) is 23.6. The van der Waals surface area contributed by atoms with Gasteiger partial charge in [0.15, 0.2) is 5.82 Å². The minimum absolute atomic E-state index is 0.137. The number of aromatic amines is 1. The van der Waals surface area contributed by atoms with Crippen LogP contribution in [0.2, 0.25) is 0 Å². The number of H-pyrrole nitrogens is 1. The molecule has 1 aliphatic heterocycles. The lowest BCUT2D eigenvalue weighted by atomic mass is 10.1. The zero-order valence-electron chi connectivity index (χ0n) is 18.9. The van der Waals surface area contributed by atoms with Crippen molar-refractivity contribution in [2.24, 2.45) is 0 Å². The van der Waals surface area contributed by atoms with E-state index in [4.69, 9.17) is 4.74 Å². The van der Waals surface area contributed by atoms with Gasteiger partial charge in [-0.05, 0) is 51.1 Å². The van der Waals surface area contributed by atoms with Gasteiger partial charge in [-0.1, -0.05) is 18.2 Å². The van der Waals surface area contributed by atoms with Crippen molar-refractivity contribution in [1.82, 2.24) is 20.0 Å². The first-order valence-corrected chi connectivity index (χ1v) is 10.8. The standard InChI is InChI=1S/C24H27N5O4/c1-24(2,3)33-23(32)29-13-11-28(12-14-29)22(31)17-9-10-19-18(15-17)20(27-26-19)25-21(30)16-7-5-4-6-8-16/h4-10,15H,11-14H2,1-3H3,(H2,25,26,27,30). The number of aromatic nitrogens is 2. The molecule has 33 heavy (non-hydrogen) atoms. The van der Waals surface area contributed by atoms with Gasteiger partial charge in [-0.2, -0.15) is 5.10 Å². The molecule has 9 nitrogen and oxygen atoms in total. The van der Waals surface area contributed by atoms with Gasteiger partial charge in [0.05, 0.1) is 5.52 Å². The summed E-state index contributed by atoms with van der Waals surface area (Å²) in [5.74, 6) is -0.0514. The normalized spacial score (nSPS) is 14.3. The molecule has 0 radical (unpaired) electrons. The van der Waals surface area contributed by atoms with E-state index in [1.54, 1.807) is 52.3 Å². The Hall–Kier alpha value is -3.88. The molecule has 0 aliphatic carbocycles. The minimum Gasteiger partial charge on any atom is -0.444 e. The van der Waals surface area contributed by atoms with Crippen LogP contribution >= 0.6 is 0 Å². The smallest absolute Gasteiger partial charge is 0.410 e. The quantitative estimate of drug-likeness (QED) is 0.636. The van der Waals surface area contributed by atoms with Crippen LogP contribution in [0.25, 0.3) is 10.9 Å². The van der Waals surface area contributed by atoms with Gasteiger partial charge < -0.3 is 19.9 Å². The first-order valence-electron chi connectivity index (χ1n) is 10.8. The zero-order valence-corrected chi connectivity index (χ0v) is 18.9. The molecule has 1 fully saturated rings. The Morgan fingerprint density at radius 1 is 0.939 bits per heavy atom. The van der Waals surface area contributed by atoms with Gasteiger partial charge in [0, 0.05) is 42.7 Å². The van der Waals surface area contributed by atoms with Gasteiger partial charge in [-0.3, -0.25) is 14.7 Å². The van der Waals surface area contributed by atoms with E-state index in [1.807, 2.05) is 26.8 Å². The number of amides is 3. The Kier molecular flexibility index (Phi) is 6.04. The number of piperazine rings is 1. The van der Waals surface area contributed by atoms with Gasteiger partial charge in [-0.25, -0.2) is 4.79 Å². The minimum atomic E-state index is -0.558. The third-order valence-electron chi connectivity index (χ3n) is 5.30. The third kappa shape index (κ3) is 5.14. The molecule has 1 aromatic heterocycles. The number of rotatable bonds is 3. The SMILES string of the molecule is CC(C)(C)OC(=O)N1CCN(C(=O)c2ccc3[nH]nc(NC(=O)c4ccccc4)c3c2)CC1. The summed E-state index contributed by atoms with van der Waals surface area (Å²) in [6.07, 6.45) is -0.367. The number of nitrogens with one attached hydrogen (secondary N) is 2. The van der Waals surface area contributed by atoms with E-state index < -0.39 is 5.60 Å². The molecule has 2 aromatic carbocycles. The molecule has 2 N–H and O–H groups in total. The topological polar surface area (TPSA) is 108 Å². The van der Waals surface area contributed by atoms with E-state index in [1.165, 1.54) is 0 Å². The van der Waals surface area contributed by atoms with Crippen LogP contribution in [0.15, 0.2) is 48.5 Å². The van der Waals surface area contributed by atoms with E-state index in [-0.39, 0.29) is 17.9 Å². The van der Waals surface area contributed by atoms with E-state index in [2.05, 4.69) is 15.5 Å². The highest BCUT2D eigenvalue weighted by Gasteiger charge is 2.28. The largest absolute Gasteiger partial charge is 0.444 e. The van der Waals surface area contributed by atoms with Crippen LogP contribution in [-0.2, 0) is 4.74 Å². The summed E-state index contributed by atoms with van der Waals surface area (Å²) in [7, 11) is 0. The summed E-state index contributed by atoms with van der Waals surface area (Å²) in [6, 6.07) is 14.1. The maximum absolute atomic E-state index is 13.1. The Morgan fingerprint density at radius 3 is 2.27 bits per heavy atom. The van der Waals surface area contributed by atoms with E-state index in [0.29, 0.717) is 54.0 Å². The number of benzene rings is 2. The van der Waals surface area contributed by atoms with E-state index in [0.717, 1.165) is 0 Å². The van der Waals surface area contributed by atoms with Crippen LogP contribution in [0.1, 0.15) is 41.5 Å². The average Bonchev–Trinajstić information content (AvgIpc) is 3.20. The lowest BCUT2D eigenvalue weighted by molar-refractivity contribution is 0.0141. The monoisotopic (exact) mass is 449 g/mol. The molecule has 0 saturated carbocycles. The lowest BCUT2D eigenvalue weighted by Gasteiger charge is -2.35. The molecule has 1 aliphatic rings. The molecular formula is C24H27N5O4. The Morgan fingerprint density at radius 2 is 1.61 bits per heavy atom. The highest BCUT2D eigenvalue weighted by Crippen LogP contribution is 2.23. The summed E-state index contributed by atoms with van der Waals surface area (Å²) in [5, 5.41) is 10.5. The number of fused-ring (bicyclic) bond motifs is 1. The van der Waals surface area contributed by atoms with Crippen molar-refractivity contribution in [3.8, 4) is 0 Å². The summed E-state index contributed by atoms with van der Waals surface area (Å²) >= 11 is 0. The van der Waals surface area contributed by atoms with Crippen LogP contribution in [0, 0.1) is 0 Å². The fraction of sp³-hybridized carbons (Fsp3) is 0.333. The van der Waals surface area contributed by atoms with E-state index in [9.17, 15) is 14.4 Å². The molecule has 1 saturated heterocycles. The number of hydrogen-bond acceptors (Lipinski definition) is 5. The number of carbonyl (C=O) groups is 3. The maximum Gasteiger partial charge on any atom is 0.410 e. The molecule has 0 atom stereocenters. The molecule has 172 valence electrons. The maximum atomic E-state index is 13.1. The molecule has 9 heteroatoms. The van der Waals surface area contributed by atoms with Crippen molar-refractivity contribution in [1.29, 1.82) is 0 Å².